The van der Waals surface area contributed by atoms with E-state index in [1.54, 1.807) is 0 Å². The van der Waals surface area contributed by atoms with Crippen LogP contribution in [0.5, 0.6) is 0 Å². The van der Waals surface area contributed by atoms with E-state index >= 15 is 0 Å². The Balaban J connectivity index is 5.21. The lowest BCUT2D eigenvalue weighted by molar-refractivity contribution is 0.457. The summed E-state index contributed by atoms with van der Waals surface area (Å²) in [5.74, 6) is 0. The fourth-order valence-electron chi connectivity index (χ4n) is 1.76. The molecule has 0 aromatic rings. The molecule has 1 unspecified atom stereocenters. The molecule has 0 fully saturated rings. The van der Waals surface area contributed by atoms with Crippen molar-refractivity contribution in [2.24, 2.45) is 4.99 Å². The molecule has 0 N–H and O–H groups in total. The highest BCUT2D eigenvalue weighted by atomic mass is 15.1. The number of hydrogen-bond acceptors (Lipinski definition) is 2. The van der Waals surface area contributed by atoms with Gasteiger partial charge in [-0.2, -0.15) is 0 Å². The van der Waals surface area contributed by atoms with E-state index in [1.165, 1.54) is 11.3 Å². The van der Waals surface area contributed by atoms with Gasteiger partial charge in [0.25, 0.3) is 0 Å². The quantitative estimate of drug-likeness (QED) is 0.504. The second-order valence-electron chi connectivity index (χ2n) is 4.53. The smallest absolute Gasteiger partial charge is 0.0889 e. The van der Waals surface area contributed by atoms with Crippen LogP contribution >= 0.6 is 0 Å². The Morgan fingerprint density at radius 3 is 2.24 bits per heavy atom. The Kier molecular flexibility index (Phi) is 7.27. The van der Waals surface area contributed by atoms with Crippen LogP contribution < -0.4 is 0 Å². The van der Waals surface area contributed by atoms with Crippen molar-refractivity contribution < 1.29 is 0 Å². The normalized spacial score (nSPS) is 15.2. The second kappa shape index (κ2) is 7.88. The van der Waals surface area contributed by atoms with Gasteiger partial charge in [-0.1, -0.05) is 25.2 Å². The highest BCUT2D eigenvalue weighted by Gasteiger charge is 2.11. The molecule has 0 amide bonds. The van der Waals surface area contributed by atoms with Crippen molar-refractivity contribution in [2.45, 2.75) is 40.2 Å². The largest absolute Gasteiger partial charge is 0.379 e. The molecule has 0 saturated heterocycles. The van der Waals surface area contributed by atoms with Gasteiger partial charge in [-0.05, 0) is 45.1 Å². The predicted octanol–water partition coefficient (Wildman–Crippen LogP) is 3.82. The molecule has 0 heterocycles. The van der Waals surface area contributed by atoms with Crippen LogP contribution in [0.2, 0.25) is 0 Å². The summed E-state index contributed by atoms with van der Waals surface area (Å²) in [5, 5.41) is 0. The average molecular weight is 234 g/mol. The van der Waals surface area contributed by atoms with Crippen LogP contribution in [0.1, 0.15) is 34.1 Å². The minimum atomic E-state index is 0.239. The van der Waals surface area contributed by atoms with Crippen molar-refractivity contribution in [1.82, 2.24) is 4.90 Å². The lowest BCUT2D eigenvalue weighted by atomic mass is 10.1. The molecule has 0 aliphatic carbocycles. The Morgan fingerprint density at radius 1 is 1.29 bits per heavy atom. The first kappa shape index (κ1) is 15.7. The van der Waals surface area contributed by atoms with Gasteiger partial charge in [0.1, 0.15) is 0 Å². The molecule has 0 spiro atoms. The third-order valence-electron chi connectivity index (χ3n) is 2.42. The Bertz CT molecular complexity index is 333. The summed E-state index contributed by atoms with van der Waals surface area (Å²) < 4.78 is 0. The van der Waals surface area contributed by atoms with E-state index in [4.69, 9.17) is 0 Å². The van der Waals surface area contributed by atoms with Crippen LogP contribution in [-0.4, -0.2) is 31.3 Å². The first-order valence-corrected chi connectivity index (χ1v) is 6.12. The van der Waals surface area contributed by atoms with E-state index in [0.29, 0.717) is 0 Å². The molecule has 2 nitrogen and oxygen atoms in total. The van der Waals surface area contributed by atoms with Crippen LogP contribution in [-0.2, 0) is 0 Å². The van der Waals surface area contributed by atoms with E-state index < -0.39 is 0 Å². The van der Waals surface area contributed by atoms with E-state index in [9.17, 15) is 0 Å². The molecule has 96 valence electrons. The van der Waals surface area contributed by atoms with E-state index in [0.717, 1.165) is 12.0 Å². The first-order valence-electron chi connectivity index (χ1n) is 6.12. The van der Waals surface area contributed by atoms with Crippen LogP contribution in [0, 0.1) is 0 Å². The van der Waals surface area contributed by atoms with E-state index in [1.807, 2.05) is 20.1 Å². The van der Waals surface area contributed by atoms with Gasteiger partial charge in [-0.25, -0.2) is 0 Å². The van der Waals surface area contributed by atoms with Gasteiger partial charge in [0.05, 0.1) is 6.04 Å². The molecule has 1 atom stereocenters. The molecular formula is C15H26N2. The molecule has 0 bridgehead atoms. The maximum Gasteiger partial charge on any atom is 0.0889 e. The fraction of sp³-hybridized carbons (Fsp3) is 0.533. The van der Waals surface area contributed by atoms with Gasteiger partial charge >= 0.3 is 0 Å². The van der Waals surface area contributed by atoms with Crippen LogP contribution in [0.4, 0.5) is 0 Å². The molecule has 0 aromatic carbocycles. The van der Waals surface area contributed by atoms with E-state index in [-0.39, 0.29) is 6.04 Å². The Morgan fingerprint density at radius 2 is 1.88 bits per heavy atom. The molecular weight excluding hydrogens is 208 g/mol. The summed E-state index contributed by atoms with van der Waals surface area (Å²) in [6.45, 7) is 12.1. The van der Waals surface area contributed by atoms with Gasteiger partial charge in [-0.15, -0.1) is 0 Å². The zero-order valence-electron chi connectivity index (χ0n) is 12.1. The molecule has 0 radical (unpaired) electrons. The molecule has 0 aliphatic heterocycles. The molecule has 0 saturated carbocycles. The fourth-order valence-corrected chi connectivity index (χ4v) is 1.76. The van der Waals surface area contributed by atoms with Gasteiger partial charge in [-0.3, -0.25) is 4.99 Å². The SMILES string of the molecule is C=C(C)/C=C(C)\C=C(\C(CC)/N=C\C)N(C)C. The van der Waals surface area contributed by atoms with Crippen LogP contribution in [0.15, 0.2) is 40.6 Å². The number of likely N-dealkylation sites (N-methyl/N-ethyl adjacent to an activating group) is 1. The van der Waals surface area contributed by atoms with Gasteiger partial charge in [0.15, 0.2) is 0 Å². The van der Waals surface area contributed by atoms with Gasteiger partial charge in [0, 0.05) is 19.8 Å². The summed E-state index contributed by atoms with van der Waals surface area (Å²) in [7, 11) is 4.13. The van der Waals surface area contributed by atoms with Crippen molar-refractivity contribution in [3.63, 3.8) is 0 Å². The van der Waals surface area contributed by atoms with Gasteiger partial charge in [0.2, 0.25) is 0 Å². The molecule has 0 rings (SSSR count). The van der Waals surface area contributed by atoms with Crippen molar-refractivity contribution in [3.8, 4) is 0 Å². The Labute approximate surface area is 106 Å². The van der Waals surface area contributed by atoms with E-state index in [2.05, 4.69) is 56.6 Å². The summed E-state index contributed by atoms with van der Waals surface area (Å²) >= 11 is 0. The number of nitrogens with zero attached hydrogens (tertiary/aromatic N) is 2. The molecule has 0 aliphatic rings. The number of rotatable bonds is 6. The third-order valence-corrected chi connectivity index (χ3v) is 2.42. The number of aliphatic imine (C=N–C) groups is 1. The number of hydrogen-bond donors (Lipinski definition) is 0. The van der Waals surface area contributed by atoms with Crippen molar-refractivity contribution >= 4 is 6.21 Å². The Hall–Kier alpha value is -1.31. The molecule has 0 aromatic heterocycles. The van der Waals surface area contributed by atoms with Crippen molar-refractivity contribution in [2.75, 3.05) is 14.1 Å². The van der Waals surface area contributed by atoms with Crippen LogP contribution in [0.25, 0.3) is 0 Å². The summed E-state index contributed by atoms with van der Waals surface area (Å²) in [4.78, 5) is 6.65. The third kappa shape index (κ3) is 6.10. The second-order valence-corrected chi connectivity index (χ2v) is 4.53. The standard InChI is InChI=1S/C15H26N2/c1-8-14(16-9-2)15(17(6)7)11-13(5)10-12(3)4/h9-11,14H,3,8H2,1-2,4-7H3/b13-10-,15-11-,16-9-. The van der Waals surface area contributed by atoms with Gasteiger partial charge < -0.3 is 4.90 Å². The lowest BCUT2D eigenvalue weighted by Gasteiger charge is -2.23. The minimum Gasteiger partial charge on any atom is -0.379 e. The first-order chi connectivity index (χ1) is 7.92. The number of allylic oxidation sites excluding steroid dienone is 4. The van der Waals surface area contributed by atoms with Crippen LogP contribution in [0.3, 0.4) is 0 Å². The topological polar surface area (TPSA) is 15.6 Å². The zero-order chi connectivity index (χ0) is 13.4. The van der Waals surface area contributed by atoms with Crippen molar-refractivity contribution in [1.29, 1.82) is 0 Å². The predicted molar refractivity (Wildman–Crippen MR) is 78.6 cm³/mol. The summed E-state index contributed by atoms with van der Waals surface area (Å²) in [5.41, 5.74) is 3.52. The maximum atomic E-state index is 4.51. The molecule has 2 heteroatoms. The highest BCUT2D eigenvalue weighted by Crippen LogP contribution is 2.16. The average Bonchev–Trinajstić information content (AvgIpc) is 2.21. The minimum absolute atomic E-state index is 0.239. The lowest BCUT2D eigenvalue weighted by Crippen LogP contribution is -2.22. The summed E-state index contributed by atoms with van der Waals surface area (Å²) in [6, 6.07) is 0.239. The monoisotopic (exact) mass is 234 g/mol. The van der Waals surface area contributed by atoms with Crippen molar-refractivity contribution in [3.05, 3.63) is 35.6 Å². The summed E-state index contributed by atoms with van der Waals surface area (Å²) in [6.07, 6.45) is 7.17. The molecule has 17 heavy (non-hydrogen) atoms. The highest BCUT2D eigenvalue weighted by molar-refractivity contribution is 5.54. The zero-order valence-corrected chi connectivity index (χ0v) is 12.1. The maximum absolute atomic E-state index is 4.51.